The molecule has 8 atom stereocenters. The Morgan fingerprint density at radius 3 is 2.43 bits per heavy atom. The largest absolute Gasteiger partial charge is 0.457 e. The van der Waals surface area contributed by atoms with Crippen LogP contribution in [0.15, 0.2) is 47.6 Å². The first kappa shape index (κ1) is 26.3. The zero-order valence-electron chi connectivity index (χ0n) is 22.3. The number of hydrogen-bond donors (Lipinski definition) is 4. The van der Waals surface area contributed by atoms with E-state index < -0.39 is 57.8 Å². The number of ether oxygens (including phenoxy) is 1. The van der Waals surface area contributed by atoms with Gasteiger partial charge in [0.2, 0.25) is 0 Å². The molecule has 0 saturated heterocycles. The van der Waals surface area contributed by atoms with Crippen molar-refractivity contribution in [2.75, 3.05) is 6.61 Å². The molecular formula is C30H39NO6. The molecule has 0 aliphatic heterocycles. The van der Waals surface area contributed by atoms with Crippen LogP contribution in [0.2, 0.25) is 0 Å². The molecule has 0 bridgehead atoms. The molecule has 200 valence electrons. The zero-order valence-corrected chi connectivity index (χ0v) is 22.3. The molecule has 37 heavy (non-hydrogen) atoms. The molecule has 5 N–H and O–H groups in total. The fourth-order valence-electron chi connectivity index (χ4n) is 7.91. The van der Waals surface area contributed by atoms with E-state index in [2.05, 4.69) is 0 Å². The van der Waals surface area contributed by atoms with Crippen molar-refractivity contribution in [1.82, 2.24) is 0 Å². The van der Waals surface area contributed by atoms with Crippen LogP contribution in [0.1, 0.15) is 51.7 Å². The number of aryl methyl sites for hydroxylation is 1. The van der Waals surface area contributed by atoms with Crippen molar-refractivity contribution in [2.45, 2.75) is 76.7 Å². The van der Waals surface area contributed by atoms with Crippen molar-refractivity contribution in [3.8, 4) is 0 Å². The number of fused-ring (bicyclic) bond motifs is 5. The van der Waals surface area contributed by atoms with Crippen molar-refractivity contribution in [2.24, 2.45) is 34.8 Å². The van der Waals surface area contributed by atoms with E-state index in [-0.39, 0.29) is 18.9 Å². The van der Waals surface area contributed by atoms with Gasteiger partial charge in [0.1, 0.15) is 17.2 Å². The van der Waals surface area contributed by atoms with Crippen LogP contribution < -0.4 is 5.73 Å². The molecule has 1 aromatic carbocycles. The molecule has 7 heteroatoms. The quantitative estimate of drug-likeness (QED) is 0.354. The molecule has 0 amide bonds. The summed E-state index contributed by atoms with van der Waals surface area (Å²) < 4.78 is 6.27. The van der Waals surface area contributed by atoms with Crippen molar-refractivity contribution in [1.29, 1.82) is 0 Å². The second kappa shape index (κ2) is 8.34. The number of carbonyl (C=O) groups excluding carboxylic acids is 2. The molecule has 4 aliphatic rings. The van der Waals surface area contributed by atoms with Gasteiger partial charge in [0.15, 0.2) is 5.78 Å². The Balaban J connectivity index is 1.48. The molecule has 2 saturated carbocycles. The molecule has 0 spiro atoms. The summed E-state index contributed by atoms with van der Waals surface area (Å²) in [5.41, 5.74) is 4.76. The number of ketones is 1. The highest BCUT2D eigenvalue weighted by Gasteiger charge is 2.83. The van der Waals surface area contributed by atoms with Crippen LogP contribution in [-0.4, -0.2) is 56.5 Å². The van der Waals surface area contributed by atoms with Crippen molar-refractivity contribution < 1.29 is 29.6 Å². The average Bonchev–Trinajstić information content (AvgIpc) is 3.24. The number of hydrogen-bond acceptors (Lipinski definition) is 7. The summed E-state index contributed by atoms with van der Waals surface area (Å²) >= 11 is 0. The third-order valence-electron chi connectivity index (χ3n) is 10.0. The molecule has 7 nitrogen and oxygen atoms in total. The fourth-order valence-corrected chi connectivity index (χ4v) is 7.91. The molecule has 0 unspecified atom stereocenters. The lowest BCUT2D eigenvalue weighted by molar-refractivity contribution is -0.187. The summed E-state index contributed by atoms with van der Waals surface area (Å²) in [6, 6.07) is 7.06. The zero-order chi connectivity index (χ0) is 27.1. The van der Waals surface area contributed by atoms with E-state index >= 15 is 0 Å². The first-order valence-electron chi connectivity index (χ1n) is 13.2. The first-order valence-corrected chi connectivity index (χ1v) is 13.2. The highest BCUT2D eigenvalue weighted by atomic mass is 16.6. The first-order chi connectivity index (χ1) is 17.2. The van der Waals surface area contributed by atoms with Gasteiger partial charge >= 0.3 is 5.97 Å². The number of rotatable bonds is 5. The smallest absolute Gasteiger partial charge is 0.323 e. The van der Waals surface area contributed by atoms with E-state index in [1.165, 1.54) is 0 Å². The number of aliphatic hydroxyl groups is 3. The predicted octanol–water partition coefficient (Wildman–Crippen LogP) is 2.39. The molecule has 0 aromatic heterocycles. The third-order valence-corrected chi connectivity index (χ3v) is 10.0. The van der Waals surface area contributed by atoms with Gasteiger partial charge in [0.05, 0.1) is 12.2 Å². The summed E-state index contributed by atoms with van der Waals surface area (Å²) in [6.45, 7) is 9.28. The predicted molar refractivity (Wildman–Crippen MR) is 138 cm³/mol. The maximum Gasteiger partial charge on any atom is 0.323 e. The highest BCUT2D eigenvalue weighted by molar-refractivity contribution is 6.04. The van der Waals surface area contributed by atoms with Gasteiger partial charge in [0, 0.05) is 29.6 Å². The number of Topliss-reactive ketones (excluding diaryl/α,β-unsaturated/α-hetero) is 1. The highest BCUT2D eigenvalue weighted by Crippen LogP contribution is 2.76. The average molecular weight is 510 g/mol. The molecule has 2 fully saturated rings. The molecule has 1 aromatic rings. The summed E-state index contributed by atoms with van der Waals surface area (Å²) in [5.74, 6) is -2.89. The van der Waals surface area contributed by atoms with Gasteiger partial charge in [0.25, 0.3) is 0 Å². The lowest BCUT2D eigenvalue weighted by atomic mass is 9.60. The maximum atomic E-state index is 13.3. The second-order valence-electron chi connectivity index (χ2n) is 12.6. The lowest BCUT2D eigenvalue weighted by Crippen LogP contribution is -2.61. The van der Waals surface area contributed by atoms with E-state index in [4.69, 9.17) is 10.5 Å². The molecule has 0 heterocycles. The van der Waals surface area contributed by atoms with E-state index in [9.17, 15) is 24.9 Å². The number of nitrogens with two attached hydrogens (primary N) is 1. The molecule has 5 rings (SSSR count). The van der Waals surface area contributed by atoms with Gasteiger partial charge in [-0.25, -0.2) is 0 Å². The van der Waals surface area contributed by atoms with Crippen molar-refractivity contribution >= 4 is 11.8 Å². The summed E-state index contributed by atoms with van der Waals surface area (Å²) in [7, 11) is 0. The molecular weight excluding hydrogens is 470 g/mol. The van der Waals surface area contributed by atoms with Crippen LogP contribution in [0, 0.1) is 36.0 Å². The SMILES string of the molecule is CC1=C[C@H]2[C@@]3(O)[C@H](C)C[C@]4(OC(=O)[C@@H](N)Cc5ccc(C)cc5)[C@H]([C@@H]3C=C(CO)C[C@]2(O)C1=O)C4(C)C. The van der Waals surface area contributed by atoms with E-state index in [0.29, 0.717) is 24.0 Å². The lowest BCUT2D eigenvalue weighted by Gasteiger charge is -2.50. The Morgan fingerprint density at radius 1 is 1.16 bits per heavy atom. The normalized spacial score (nSPS) is 40.4. The van der Waals surface area contributed by atoms with Crippen molar-refractivity contribution in [3.63, 3.8) is 0 Å². The Labute approximate surface area is 218 Å². The Hall–Kier alpha value is -2.32. The third kappa shape index (κ3) is 3.54. The standard InChI is InChI=1S/C30H39NO6/c1-16-6-8-19(9-7-16)12-22(31)26(34)37-29-13-18(3)30(36)21(24(29)27(29,4)5)11-20(15-32)14-28(35)23(30)10-17(2)25(28)33/h6-11,18,21-24,32,35-36H,12-15,31H2,1-5H3/t18-,21+,22+,23-,24-,28-,29+,30-/m1/s1. The monoisotopic (exact) mass is 509 g/mol. The Kier molecular flexibility index (Phi) is 5.93. The van der Waals surface area contributed by atoms with Crippen LogP contribution >= 0.6 is 0 Å². The summed E-state index contributed by atoms with van der Waals surface area (Å²) in [6.07, 6.45) is 4.24. The number of aliphatic hydroxyl groups excluding tert-OH is 1. The van der Waals surface area contributed by atoms with Gasteiger partial charge < -0.3 is 25.8 Å². The maximum absolute atomic E-state index is 13.3. The van der Waals surface area contributed by atoms with Crippen LogP contribution in [0.5, 0.6) is 0 Å². The Morgan fingerprint density at radius 2 is 1.81 bits per heavy atom. The van der Waals surface area contributed by atoms with Gasteiger partial charge in [-0.1, -0.05) is 62.8 Å². The van der Waals surface area contributed by atoms with Crippen LogP contribution in [0.4, 0.5) is 0 Å². The number of carbonyl (C=O) groups is 2. The van der Waals surface area contributed by atoms with Crippen LogP contribution in [0.25, 0.3) is 0 Å². The number of esters is 1. The van der Waals surface area contributed by atoms with E-state index in [1.807, 2.05) is 58.0 Å². The van der Waals surface area contributed by atoms with E-state index in [0.717, 1.165) is 11.1 Å². The minimum absolute atomic E-state index is 0.0340. The van der Waals surface area contributed by atoms with Crippen LogP contribution in [-0.2, 0) is 20.7 Å². The summed E-state index contributed by atoms with van der Waals surface area (Å²) in [4.78, 5) is 26.3. The Bertz CT molecular complexity index is 1200. The minimum Gasteiger partial charge on any atom is -0.457 e. The minimum atomic E-state index is -1.80. The topological polar surface area (TPSA) is 130 Å². The molecule has 0 radical (unpaired) electrons. The van der Waals surface area contributed by atoms with Gasteiger partial charge in [-0.15, -0.1) is 0 Å². The molecule has 4 aliphatic carbocycles. The van der Waals surface area contributed by atoms with Gasteiger partial charge in [-0.05, 0) is 49.3 Å². The fraction of sp³-hybridized carbons (Fsp3) is 0.600. The van der Waals surface area contributed by atoms with Gasteiger partial charge in [-0.2, -0.15) is 0 Å². The van der Waals surface area contributed by atoms with Gasteiger partial charge in [-0.3, -0.25) is 9.59 Å². The number of benzene rings is 1. The van der Waals surface area contributed by atoms with Crippen LogP contribution in [0.3, 0.4) is 0 Å². The van der Waals surface area contributed by atoms with Crippen molar-refractivity contribution in [3.05, 3.63) is 58.7 Å². The van der Waals surface area contributed by atoms with E-state index in [1.54, 1.807) is 13.0 Å². The summed E-state index contributed by atoms with van der Waals surface area (Å²) in [5, 5.41) is 34.1. The second-order valence-corrected chi connectivity index (χ2v) is 12.6.